The molecule has 25 heavy (non-hydrogen) atoms. The number of hydrogen-bond donors (Lipinski definition) is 1. The van der Waals surface area contributed by atoms with Crippen molar-refractivity contribution in [2.24, 2.45) is 0 Å². The van der Waals surface area contributed by atoms with Crippen molar-refractivity contribution in [3.63, 3.8) is 0 Å². The van der Waals surface area contributed by atoms with Crippen molar-refractivity contribution in [3.8, 4) is 17.2 Å². The fraction of sp³-hybridized carbons (Fsp3) is 0.118. The molecule has 0 aliphatic carbocycles. The summed E-state index contributed by atoms with van der Waals surface area (Å²) in [6, 6.07) is 10.1. The molecule has 0 atom stereocenters. The van der Waals surface area contributed by atoms with Crippen LogP contribution in [0.5, 0.6) is 17.2 Å². The SMILES string of the molecule is O=C(/C=C/Nc1cccc(OC(F)(F)F)c1)c1ccc2c(c1)OCO2. The summed E-state index contributed by atoms with van der Waals surface area (Å²) in [6.45, 7) is 0.112. The fourth-order valence-electron chi connectivity index (χ4n) is 2.14. The van der Waals surface area contributed by atoms with Crippen molar-refractivity contribution < 1.29 is 32.2 Å². The Kier molecular flexibility index (Phi) is 4.51. The summed E-state index contributed by atoms with van der Waals surface area (Å²) in [7, 11) is 0. The van der Waals surface area contributed by atoms with Gasteiger partial charge in [-0.3, -0.25) is 4.79 Å². The van der Waals surface area contributed by atoms with Crippen molar-refractivity contribution in [3.05, 3.63) is 60.3 Å². The third-order valence-electron chi connectivity index (χ3n) is 3.21. The van der Waals surface area contributed by atoms with E-state index in [1.54, 1.807) is 24.3 Å². The van der Waals surface area contributed by atoms with E-state index in [9.17, 15) is 18.0 Å². The normalized spacial score (nSPS) is 13.1. The van der Waals surface area contributed by atoms with E-state index in [0.717, 1.165) is 0 Å². The largest absolute Gasteiger partial charge is 0.573 e. The summed E-state index contributed by atoms with van der Waals surface area (Å²) in [5.74, 6) is 0.408. The highest BCUT2D eigenvalue weighted by Crippen LogP contribution is 2.32. The fourth-order valence-corrected chi connectivity index (χ4v) is 2.14. The van der Waals surface area contributed by atoms with Gasteiger partial charge in [0, 0.05) is 29.6 Å². The molecule has 0 radical (unpaired) electrons. The quantitative estimate of drug-likeness (QED) is 0.649. The Bertz CT molecular complexity index is 818. The van der Waals surface area contributed by atoms with E-state index in [1.165, 1.54) is 30.5 Å². The average Bonchev–Trinajstić information content (AvgIpc) is 3.01. The zero-order valence-electron chi connectivity index (χ0n) is 12.7. The van der Waals surface area contributed by atoms with Gasteiger partial charge in [0.25, 0.3) is 0 Å². The molecule has 1 heterocycles. The van der Waals surface area contributed by atoms with Crippen LogP contribution in [0.3, 0.4) is 0 Å². The molecule has 130 valence electrons. The molecule has 2 aromatic rings. The predicted octanol–water partition coefficient (Wildman–Crippen LogP) is 4.12. The maximum absolute atomic E-state index is 12.2. The summed E-state index contributed by atoms with van der Waals surface area (Å²) in [5, 5.41) is 2.72. The van der Waals surface area contributed by atoms with Crippen LogP contribution in [0, 0.1) is 0 Å². The van der Waals surface area contributed by atoms with E-state index in [1.807, 2.05) is 0 Å². The number of allylic oxidation sites excluding steroid dienone is 1. The second-order valence-electron chi connectivity index (χ2n) is 4.99. The highest BCUT2D eigenvalue weighted by molar-refractivity contribution is 6.05. The Morgan fingerprint density at radius 2 is 1.92 bits per heavy atom. The maximum atomic E-state index is 12.2. The Morgan fingerprint density at radius 1 is 1.12 bits per heavy atom. The molecule has 0 spiro atoms. The number of hydrogen-bond acceptors (Lipinski definition) is 5. The van der Waals surface area contributed by atoms with Gasteiger partial charge in [-0.05, 0) is 30.3 Å². The molecule has 5 nitrogen and oxygen atoms in total. The Hall–Kier alpha value is -3.16. The first-order valence-electron chi connectivity index (χ1n) is 7.14. The minimum Gasteiger partial charge on any atom is -0.454 e. The van der Waals surface area contributed by atoms with Crippen LogP contribution in [0.4, 0.5) is 18.9 Å². The second kappa shape index (κ2) is 6.76. The molecule has 0 saturated carbocycles. The summed E-state index contributed by atoms with van der Waals surface area (Å²) >= 11 is 0. The molecule has 8 heteroatoms. The number of anilines is 1. The molecule has 0 saturated heterocycles. The molecular formula is C17H12F3NO4. The molecule has 0 bridgehead atoms. The monoisotopic (exact) mass is 351 g/mol. The van der Waals surface area contributed by atoms with Crippen LogP contribution in [0.25, 0.3) is 0 Å². The molecule has 0 aromatic heterocycles. The second-order valence-corrected chi connectivity index (χ2v) is 4.99. The van der Waals surface area contributed by atoms with Crippen molar-refractivity contribution >= 4 is 11.5 Å². The van der Waals surface area contributed by atoms with Gasteiger partial charge in [0.15, 0.2) is 17.3 Å². The van der Waals surface area contributed by atoms with Gasteiger partial charge < -0.3 is 19.5 Å². The van der Waals surface area contributed by atoms with Gasteiger partial charge in [-0.1, -0.05) is 6.07 Å². The summed E-state index contributed by atoms with van der Waals surface area (Å²) < 4.78 is 50.8. The molecule has 0 unspecified atom stereocenters. The molecule has 1 aliphatic heterocycles. The van der Waals surface area contributed by atoms with Gasteiger partial charge >= 0.3 is 6.36 Å². The van der Waals surface area contributed by atoms with Crippen molar-refractivity contribution in [1.29, 1.82) is 0 Å². The third-order valence-corrected chi connectivity index (χ3v) is 3.21. The number of ketones is 1. The molecular weight excluding hydrogens is 339 g/mol. The number of ether oxygens (including phenoxy) is 3. The topological polar surface area (TPSA) is 56.8 Å². The van der Waals surface area contributed by atoms with E-state index in [2.05, 4.69) is 10.1 Å². The number of rotatable bonds is 5. The molecule has 2 aromatic carbocycles. The van der Waals surface area contributed by atoms with E-state index in [4.69, 9.17) is 9.47 Å². The average molecular weight is 351 g/mol. The van der Waals surface area contributed by atoms with E-state index in [-0.39, 0.29) is 18.3 Å². The zero-order valence-corrected chi connectivity index (χ0v) is 12.7. The Balaban J connectivity index is 1.63. The number of nitrogens with one attached hydrogen (secondary N) is 1. The number of fused-ring (bicyclic) bond motifs is 1. The van der Waals surface area contributed by atoms with Crippen LogP contribution in [0.1, 0.15) is 10.4 Å². The Labute approximate surface area is 140 Å². The molecule has 0 amide bonds. The van der Waals surface area contributed by atoms with Crippen molar-refractivity contribution in [2.45, 2.75) is 6.36 Å². The lowest BCUT2D eigenvalue weighted by molar-refractivity contribution is -0.274. The minimum atomic E-state index is -4.76. The summed E-state index contributed by atoms with van der Waals surface area (Å²) in [6.07, 6.45) is -2.17. The maximum Gasteiger partial charge on any atom is 0.573 e. The molecule has 3 rings (SSSR count). The third kappa shape index (κ3) is 4.43. The number of carbonyl (C=O) groups excluding carboxylic acids is 1. The smallest absolute Gasteiger partial charge is 0.454 e. The lowest BCUT2D eigenvalue weighted by Crippen LogP contribution is -2.17. The number of halogens is 3. The molecule has 1 aliphatic rings. The van der Waals surface area contributed by atoms with Crippen molar-refractivity contribution in [1.82, 2.24) is 0 Å². The number of benzene rings is 2. The van der Waals surface area contributed by atoms with Crippen LogP contribution in [0.2, 0.25) is 0 Å². The van der Waals surface area contributed by atoms with Crippen LogP contribution in [0.15, 0.2) is 54.7 Å². The van der Waals surface area contributed by atoms with Gasteiger partial charge in [-0.15, -0.1) is 13.2 Å². The van der Waals surface area contributed by atoms with Gasteiger partial charge in [-0.2, -0.15) is 0 Å². The van der Waals surface area contributed by atoms with E-state index < -0.39 is 6.36 Å². The highest BCUT2D eigenvalue weighted by Gasteiger charge is 2.31. The highest BCUT2D eigenvalue weighted by atomic mass is 19.4. The lowest BCUT2D eigenvalue weighted by atomic mass is 10.1. The summed E-state index contributed by atoms with van der Waals surface area (Å²) in [4.78, 5) is 12.1. The zero-order chi connectivity index (χ0) is 17.9. The van der Waals surface area contributed by atoms with E-state index in [0.29, 0.717) is 22.7 Å². The Morgan fingerprint density at radius 3 is 2.72 bits per heavy atom. The number of carbonyl (C=O) groups is 1. The van der Waals surface area contributed by atoms with Crippen LogP contribution in [-0.4, -0.2) is 18.9 Å². The van der Waals surface area contributed by atoms with Gasteiger partial charge in [0.1, 0.15) is 5.75 Å². The van der Waals surface area contributed by atoms with Crippen LogP contribution >= 0.6 is 0 Å². The summed E-state index contributed by atoms with van der Waals surface area (Å²) in [5.41, 5.74) is 0.743. The van der Waals surface area contributed by atoms with Crippen LogP contribution < -0.4 is 19.5 Å². The van der Waals surface area contributed by atoms with E-state index >= 15 is 0 Å². The van der Waals surface area contributed by atoms with Crippen molar-refractivity contribution in [2.75, 3.05) is 12.1 Å². The minimum absolute atomic E-state index is 0.112. The first kappa shape index (κ1) is 16.7. The van der Waals surface area contributed by atoms with Gasteiger partial charge in [-0.25, -0.2) is 0 Å². The number of alkyl halides is 3. The molecule has 0 fully saturated rings. The van der Waals surface area contributed by atoms with Gasteiger partial charge in [0.2, 0.25) is 6.79 Å². The predicted molar refractivity (Wildman–Crippen MR) is 82.8 cm³/mol. The van der Waals surface area contributed by atoms with Crippen LogP contribution in [-0.2, 0) is 0 Å². The first-order valence-corrected chi connectivity index (χ1v) is 7.14. The first-order chi connectivity index (χ1) is 11.9. The lowest BCUT2D eigenvalue weighted by Gasteiger charge is -2.09. The van der Waals surface area contributed by atoms with Gasteiger partial charge in [0.05, 0.1) is 0 Å². The molecule has 1 N–H and O–H groups in total. The standard InChI is InChI=1S/C17H12F3NO4/c18-17(19,20)25-13-3-1-2-12(9-13)21-7-6-14(22)11-4-5-15-16(8-11)24-10-23-15/h1-9,21H,10H2/b7-6+.